The number of piperazine rings is 1. The van der Waals surface area contributed by atoms with Crippen molar-refractivity contribution in [3.05, 3.63) is 70.8 Å². The minimum atomic E-state index is -3.59. The maximum absolute atomic E-state index is 13.4. The highest BCUT2D eigenvalue weighted by Crippen LogP contribution is 2.33. The molecular formula is C21H22ClF2N3O2S2. The van der Waals surface area contributed by atoms with E-state index in [1.165, 1.54) is 27.8 Å². The summed E-state index contributed by atoms with van der Waals surface area (Å²) in [6.07, 6.45) is 7.14. The third kappa shape index (κ3) is 4.84. The van der Waals surface area contributed by atoms with Gasteiger partial charge >= 0.3 is 0 Å². The van der Waals surface area contributed by atoms with Gasteiger partial charge in [-0.05, 0) is 24.6 Å². The molecule has 0 radical (unpaired) electrons. The van der Waals surface area contributed by atoms with Crippen LogP contribution in [0.5, 0.6) is 0 Å². The number of anilines is 1. The number of hydrogen-bond donors (Lipinski definition) is 0. The molecule has 2 aromatic rings. The number of sulfonamides is 1. The van der Waals surface area contributed by atoms with Gasteiger partial charge in [0.1, 0.15) is 16.9 Å². The number of aromatic nitrogens is 1. The monoisotopic (exact) mass is 485 g/mol. The Balaban J connectivity index is 1.40. The van der Waals surface area contributed by atoms with E-state index in [9.17, 15) is 17.2 Å². The highest BCUT2D eigenvalue weighted by molar-refractivity contribution is 7.90. The fraction of sp³-hybridized carbons (Fsp3) is 0.381. The predicted octanol–water partition coefficient (Wildman–Crippen LogP) is 3.96. The Morgan fingerprint density at radius 3 is 2.48 bits per heavy atom. The van der Waals surface area contributed by atoms with Crippen molar-refractivity contribution in [3.8, 4) is 0 Å². The van der Waals surface area contributed by atoms with E-state index < -0.39 is 31.8 Å². The van der Waals surface area contributed by atoms with Crippen LogP contribution in [0.25, 0.3) is 0 Å². The molecule has 0 spiro atoms. The summed E-state index contributed by atoms with van der Waals surface area (Å²) >= 11 is 7.88. The molecule has 1 fully saturated rings. The molecule has 2 unspecified atom stereocenters. The van der Waals surface area contributed by atoms with Crippen LogP contribution in [-0.4, -0.2) is 54.0 Å². The van der Waals surface area contributed by atoms with Crippen LogP contribution < -0.4 is 4.90 Å². The van der Waals surface area contributed by atoms with Crippen LogP contribution in [0.15, 0.2) is 47.9 Å². The molecule has 1 aromatic carbocycles. The lowest BCUT2D eigenvalue weighted by atomic mass is 10.0. The van der Waals surface area contributed by atoms with Crippen LogP contribution in [0, 0.1) is 11.6 Å². The van der Waals surface area contributed by atoms with Gasteiger partial charge in [0.15, 0.2) is 5.13 Å². The molecule has 2 atom stereocenters. The van der Waals surface area contributed by atoms with Gasteiger partial charge in [0.2, 0.25) is 10.0 Å². The second-order valence-corrected chi connectivity index (χ2v) is 11.5. The standard InChI is InChI=1S/C21H22ClF2N3O2S2/c1-21(22)5-3-2-4-19(21)31(28,29)27-8-6-26(7-9-27)20-25-18(14-30-20)12-15-10-16(23)13-17(24)11-15/h2-5,10-11,13-14,19H,6-9,12H2,1H3. The summed E-state index contributed by atoms with van der Waals surface area (Å²) < 4.78 is 54.6. The molecule has 4 rings (SSSR count). The summed E-state index contributed by atoms with van der Waals surface area (Å²) in [6.45, 7) is 3.40. The summed E-state index contributed by atoms with van der Waals surface area (Å²) in [7, 11) is -3.59. The Morgan fingerprint density at radius 2 is 1.84 bits per heavy atom. The van der Waals surface area contributed by atoms with E-state index in [0.717, 1.165) is 16.9 Å². The fourth-order valence-corrected chi connectivity index (χ4v) is 7.13. The van der Waals surface area contributed by atoms with Crippen molar-refractivity contribution < 1.29 is 17.2 Å². The van der Waals surface area contributed by atoms with Crippen LogP contribution in [0.2, 0.25) is 0 Å². The summed E-state index contributed by atoms with van der Waals surface area (Å²) in [5, 5.41) is 1.82. The molecule has 10 heteroatoms. The summed E-state index contributed by atoms with van der Waals surface area (Å²) in [4.78, 5) is 5.63. The minimum Gasteiger partial charge on any atom is -0.345 e. The topological polar surface area (TPSA) is 53.5 Å². The zero-order valence-electron chi connectivity index (χ0n) is 16.8. The van der Waals surface area contributed by atoms with Crippen molar-refractivity contribution in [1.82, 2.24) is 9.29 Å². The van der Waals surface area contributed by atoms with Crippen molar-refractivity contribution in [2.75, 3.05) is 31.1 Å². The normalized spacial score (nSPS) is 24.6. The van der Waals surface area contributed by atoms with E-state index in [2.05, 4.69) is 4.98 Å². The summed E-state index contributed by atoms with van der Waals surface area (Å²) in [5.41, 5.74) is 1.24. The highest BCUT2D eigenvalue weighted by Gasteiger charge is 2.43. The van der Waals surface area contributed by atoms with Gasteiger partial charge in [-0.15, -0.1) is 22.9 Å². The summed E-state index contributed by atoms with van der Waals surface area (Å²) in [5.74, 6) is -1.22. The Labute approximate surface area is 189 Å². The molecule has 0 bridgehead atoms. The van der Waals surface area contributed by atoms with Crippen molar-refractivity contribution in [2.45, 2.75) is 23.5 Å². The molecule has 1 aliphatic carbocycles. The largest absolute Gasteiger partial charge is 0.345 e. The molecule has 31 heavy (non-hydrogen) atoms. The van der Waals surface area contributed by atoms with Crippen LogP contribution >= 0.6 is 22.9 Å². The first kappa shape index (κ1) is 22.4. The van der Waals surface area contributed by atoms with E-state index in [4.69, 9.17) is 11.6 Å². The van der Waals surface area contributed by atoms with E-state index in [0.29, 0.717) is 38.2 Å². The maximum atomic E-state index is 13.4. The van der Waals surface area contributed by atoms with Gasteiger partial charge in [-0.25, -0.2) is 22.2 Å². The SMILES string of the molecule is CC1(Cl)C=CC=CC1S(=O)(=O)N1CCN(c2nc(Cc3cc(F)cc(F)c3)cs2)CC1. The van der Waals surface area contributed by atoms with Gasteiger partial charge in [-0.2, -0.15) is 4.31 Å². The molecule has 2 heterocycles. The van der Waals surface area contributed by atoms with Crippen LogP contribution in [0.3, 0.4) is 0 Å². The van der Waals surface area contributed by atoms with Crippen LogP contribution in [-0.2, 0) is 16.4 Å². The number of benzene rings is 1. The quantitative estimate of drug-likeness (QED) is 0.602. The highest BCUT2D eigenvalue weighted by atomic mass is 35.5. The van der Waals surface area contributed by atoms with Gasteiger partial charge < -0.3 is 4.90 Å². The van der Waals surface area contributed by atoms with Crippen LogP contribution in [0.1, 0.15) is 18.2 Å². The molecule has 0 amide bonds. The number of hydrogen-bond acceptors (Lipinski definition) is 5. The minimum absolute atomic E-state index is 0.329. The number of halogens is 3. The molecule has 0 N–H and O–H groups in total. The number of rotatable bonds is 5. The van der Waals surface area contributed by atoms with Gasteiger partial charge in [0, 0.05) is 44.0 Å². The first-order valence-electron chi connectivity index (χ1n) is 9.83. The second-order valence-electron chi connectivity index (χ2n) is 7.82. The molecule has 1 aliphatic heterocycles. The van der Waals surface area contributed by atoms with E-state index >= 15 is 0 Å². The third-order valence-electron chi connectivity index (χ3n) is 5.41. The number of allylic oxidation sites excluding steroid dienone is 3. The average molecular weight is 486 g/mol. The molecule has 1 saturated heterocycles. The lowest BCUT2D eigenvalue weighted by Gasteiger charge is -2.38. The smallest absolute Gasteiger partial charge is 0.222 e. The Kier molecular flexibility index (Phi) is 6.22. The van der Waals surface area contributed by atoms with Gasteiger partial charge in [0.25, 0.3) is 0 Å². The molecular weight excluding hydrogens is 464 g/mol. The molecule has 0 saturated carbocycles. The Hall–Kier alpha value is -1.81. The molecule has 2 aliphatic rings. The first-order chi connectivity index (χ1) is 14.6. The molecule has 166 valence electrons. The second kappa shape index (κ2) is 8.61. The lowest BCUT2D eigenvalue weighted by molar-refractivity contribution is 0.379. The maximum Gasteiger partial charge on any atom is 0.222 e. The first-order valence-corrected chi connectivity index (χ1v) is 12.6. The zero-order valence-corrected chi connectivity index (χ0v) is 19.2. The van der Waals surface area contributed by atoms with Crippen molar-refractivity contribution >= 4 is 38.1 Å². The summed E-state index contributed by atoms with van der Waals surface area (Å²) in [6, 6.07) is 3.44. The Bertz CT molecular complexity index is 1100. The van der Waals surface area contributed by atoms with E-state index in [1.54, 1.807) is 31.2 Å². The van der Waals surface area contributed by atoms with Crippen molar-refractivity contribution in [3.63, 3.8) is 0 Å². The van der Waals surface area contributed by atoms with E-state index in [-0.39, 0.29) is 0 Å². The molecule has 1 aromatic heterocycles. The van der Waals surface area contributed by atoms with Crippen LogP contribution in [0.4, 0.5) is 13.9 Å². The zero-order chi connectivity index (χ0) is 22.2. The third-order valence-corrected chi connectivity index (χ3v) is 9.23. The predicted molar refractivity (Wildman–Crippen MR) is 120 cm³/mol. The number of nitrogens with zero attached hydrogens (tertiary/aromatic N) is 3. The van der Waals surface area contributed by atoms with Gasteiger partial charge in [-0.1, -0.05) is 24.3 Å². The average Bonchev–Trinajstić information content (AvgIpc) is 3.15. The Morgan fingerprint density at radius 1 is 1.16 bits per heavy atom. The number of thiazole rings is 1. The fourth-order valence-electron chi connectivity index (χ4n) is 3.82. The van der Waals surface area contributed by atoms with E-state index in [1.807, 2.05) is 10.3 Å². The van der Waals surface area contributed by atoms with Gasteiger partial charge in [-0.3, -0.25) is 0 Å². The molecule has 5 nitrogen and oxygen atoms in total. The van der Waals surface area contributed by atoms with Gasteiger partial charge in [0.05, 0.1) is 10.6 Å². The number of alkyl halides is 1. The van der Waals surface area contributed by atoms with Crippen molar-refractivity contribution in [2.24, 2.45) is 0 Å². The lowest BCUT2D eigenvalue weighted by Crippen LogP contribution is -2.54. The van der Waals surface area contributed by atoms with Crippen molar-refractivity contribution in [1.29, 1.82) is 0 Å².